The lowest BCUT2D eigenvalue weighted by Gasteiger charge is -2.14. The SMILES string of the molecule is Cn1cc(C(=O)N2CC[C@@H](c3nc(C4CCCC4)no3)C2)cn1. The van der Waals surface area contributed by atoms with Crippen LogP contribution in [0.15, 0.2) is 16.9 Å². The molecule has 0 N–H and O–H groups in total. The van der Waals surface area contributed by atoms with Gasteiger partial charge in [0.25, 0.3) is 5.91 Å². The van der Waals surface area contributed by atoms with Gasteiger partial charge in [0.05, 0.1) is 17.7 Å². The van der Waals surface area contributed by atoms with Gasteiger partial charge in [-0.15, -0.1) is 0 Å². The summed E-state index contributed by atoms with van der Waals surface area (Å²) in [5.41, 5.74) is 0.630. The first-order valence-electron chi connectivity index (χ1n) is 8.32. The van der Waals surface area contributed by atoms with Crippen LogP contribution in [0.5, 0.6) is 0 Å². The molecule has 122 valence electrons. The summed E-state index contributed by atoms with van der Waals surface area (Å²) >= 11 is 0. The summed E-state index contributed by atoms with van der Waals surface area (Å²) in [4.78, 5) is 18.9. The maximum Gasteiger partial charge on any atom is 0.257 e. The van der Waals surface area contributed by atoms with E-state index in [0.717, 1.165) is 31.6 Å². The number of amides is 1. The highest BCUT2D eigenvalue weighted by Gasteiger charge is 2.33. The third kappa shape index (κ3) is 2.75. The number of hydrogen-bond donors (Lipinski definition) is 0. The Morgan fingerprint density at radius 1 is 1.26 bits per heavy atom. The van der Waals surface area contributed by atoms with Crippen LogP contribution in [0.25, 0.3) is 0 Å². The Balaban J connectivity index is 1.43. The minimum Gasteiger partial charge on any atom is -0.339 e. The number of rotatable bonds is 3. The minimum atomic E-state index is 0.0242. The lowest BCUT2D eigenvalue weighted by molar-refractivity contribution is 0.0789. The Hall–Kier alpha value is -2.18. The van der Waals surface area contributed by atoms with E-state index in [0.29, 0.717) is 23.9 Å². The summed E-state index contributed by atoms with van der Waals surface area (Å²) in [6.45, 7) is 1.36. The van der Waals surface area contributed by atoms with E-state index in [1.165, 1.54) is 12.8 Å². The second kappa shape index (κ2) is 5.79. The van der Waals surface area contributed by atoms with Crippen molar-refractivity contribution in [1.29, 1.82) is 0 Å². The summed E-state index contributed by atoms with van der Waals surface area (Å²) in [6, 6.07) is 0. The quantitative estimate of drug-likeness (QED) is 0.866. The molecule has 1 aliphatic carbocycles. The largest absolute Gasteiger partial charge is 0.339 e. The van der Waals surface area contributed by atoms with E-state index in [2.05, 4.69) is 15.2 Å². The van der Waals surface area contributed by atoms with Crippen molar-refractivity contribution >= 4 is 5.91 Å². The lowest BCUT2D eigenvalue weighted by Crippen LogP contribution is -2.28. The smallest absolute Gasteiger partial charge is 0.257 e. The topological polar surface area (TPSA) is 77.0 Å². The second-order valence-corrected chi connectivity index (χ2v) is 6.61. The molecule has 1 amide bonds. The summed E-state index contributed by atoms with van der Waals surface area (Å²) < 4.78 is 7.13. The van der Waals surface area contributed by atoms with Crippen molar-refractivity contribution in [3.63, 3.8) is 0 Å². The first-order chi connectivity index (χ1) is 11.2. The maximum atomic E-state index is 12.5. The zero-order chi connectivity index (χ0) is 15.8. The van der Waals surface area contributed by atoms with Crippen molar-refractivity contribution in [3.05, 3.63) is 29.7 Å². The van der Waals surface area contributed by atoms with Gasteiger partial charge in [-0.05, 0) is 19.3 Å². The van der Waals surface area contributed by atoms with Crippen LogP contribution in [0.3, 0.4) is 0 Å². The molecule has 1 saturated heterocycles. The van der Waals surface area contributed by atoms with Gasteiger partial charge in [-0.1, -0.05) is 18.0 Å². The molecule has 0 spiro atoms. The van der Waals surface area contributed by atoms with E-state index in [9.17, 15) is 4.79 Å². The number of hydrogen-bond acceptors (Lipinski definition) is 5. The van der Waals surface area contributed by atoms with E-state index < -0.39 is 0 Å². The zero-order valence-corrected chi connectivity index (χ0v) is 13.3. The number of carbonyl (C=O) groups excluding carboxylic acids is 1. The van der Waals surface area contributed by atoms with E-state index in [4.69, 9.17) is 4.52 Å². The van der Waals surface area contributed by atoms with E-state index in [1.807, 2.05) is 11.9 Å². The molecule has 1 saturated carbocycles. The van der Waals surface area contributed by atoms with Gasteiger partial charge < -0.3 is 9.42 Å². The van der Waals surface area contributed by atoms with Gasteiger partial charge in [-0.25, -0.2) is 0 Å². The van der Waals surface area contributed by atoms with Crippen LogP contribution in [0.4, 0.5) is 0 Å². The molecule has 2 aromatic heterocycles. The molecule has 7 nitrogen and oxygen atoms in total. The molecule has 0 bridgehead atoms. The number of aromatic nitrogens is 4. The molecule has 2 aromatic rings. The molecule has 0 aromatic carbocycles. The average molecular weight is 315 g/mol. The first kappa shape index (κ1) is 14.4. The van der Waals surface area contributed by atoms with Crippen molar-refractivity contribution in [2.24, 2.45) is 7.05 Å². The molecule has 2 fully saturated rings. The van der Waals surface area contributed by atoms with Gasteiger partial charge in [0.15, 0.2) is 5.82 Å². The highest BCUT2D eigenvalue weighted by molar-refractivity contribution is 5.93. The number of nitrogens with zero attached hydrogens (tertiary/aromatic N) is 5. The van der Waals surface area contributed by atoms with E-state index >= 15 is 0 Å². The minimum absolute atomic E-state index is 0.0242. The summed E-state index contributed by atoms with van der Waals surface area (Å²) in [7, 11) is 1.81. The molecule has 1 aliphatic heterocycles. The molecule has 7 heteroatoms. The fourth-order valence-electron chi connectivity index (χ4n) is 3.62. The van der Waals surface area contributed by atoms with Gasteiger partial charge in [-0.2, -0.15) is 10.1 Å². The Bertz CT molecular complexity index is 701. The standard InChI is InChI=1S/C16H21N5O2/c1-20-9-13(8-17-20)16(22)21-7-6-12(10-21)15-18-14(19-23-15)11-4-2-3-5-11/h8-9,11-12H,2-7,10H2,1H3/t12-/m1/s1. The van der Waals surface area contributed by atoms with E-state index in [-0.39, 0.29) is 11.8 Å². The van der Waals surface area contributed by atoms with E-state index in [1.54, 1.807) is 17.1 Å². The molecule has 2 aliphatic rings. The van der Waals surface area contributed by atoms with Crippen LogP contribution in [0.1, 0.15) is 66.0 Å². The number of likely N-dealkylation sites (tertiary alicyclic amines) is 1. The Labute approximate surface area is 134 Å². The summed E-state index contributed by atoms with van der Waals surface area (Å²) in [6.07, 6.45) is 9.07. The fourth-order valence-corrected chi connectivity index (χ4v) is 3.62. The molecular weight excluding hydrogens is 294 g/mol. The fraction of sp³-hybridized carbons (Fsp3) is 0.625. The Morgan fingerprint density at radius 2 is 2.09 bits per heavy atom. The highest BCUT2D eigenvalue weighted by Crippen LogP contribution is 2.34. The van der Waals surface area contributed by atoms with Crippen LogP contribution < -0.4 is 0 Å². The highest BCUT2D eigenvalue weighted by atomic mass is 16.5. The molecule has 0 radical (unpaired) electrons. The normalized spacial score (nSPS) is 22.1. The van der Waals surface area contributed by atoms with Crippen LogP contribution >= 0.6 is 0 Å². The predicted molar refractivity (Wildman–Crippen MR) is 82.0 cm³/mol. The van der Waals surface area contributed by atoms with Crippen molar-refractivity contribution in [2.45, 2.75) is 43.9 Å². The molecule has 4 rings (SSSR count). The van der Waals surface area contributed by atoms with Gasteiger partial charge in [0.2, 0.25) is 5.89 Å². The zero-order valence-electron chi connectivity index (χ0n) is 13.3. The summed E-state index contributed by atoms with van der Waals surface area (Å²) in [5.74, 6) is 2.18. The molecular formula is C16H21N5O2. The number of carbonyl (C=O) groups is 1. The van der Waals surface area contributed by atoms with Gasteiger partial charge >= 0.3 is 0 Å². The average Bonchev–Trinajstić information content (AvgIpc) is 3.30. The number of aryl methyl sites for hydroxylation is 1. The first-order valence-corrected chi connectivity index (χ1v) is 8.32. The third-order valence-corrected chi connectivity index (χ3v) is 4.95. The lowest BCUT2D eigenvalue weighted by atomic mass is 10.1. The van der Waals surface area contributed by atoms with Crippen LogP contribution in [-0.2, 0) is 7.05 Å². The Morgan fingerprint density at radius 3 is 2.83 bits per heavy atom. The third-order valence-electron chi connectivity index (χ3n) is 4.95. The molecule has 3 heterocycles. The maximum absolute atomic E-state index is 12.5. The van der Waals surface area contributed by atoms with Crippen molar-refractivity contribution in [2.75, 3.05) is 13.1 Å². The molecule has 1 atom stereocenters. The van der Waals surface area contributed by atoms with Gasteiger partial charge in [0, 0.05) is 32.3 Å². The van der Waals surface area contributed by atoms with Gasteiger partial charge in [0.1, 0.15) is 0 Å². The van der Waals surface area contributed by atoms with Gasteiger partial charge in [-0.3, -0.25) is 9.48 Å². The van der Waals surface area contributed by atoms with Crippen LogP contribution in [-0.4, -0.2) is 43.8 Å². The van der Waals surface area contributed by atoms with Crippen molar-refractivity contribution in [1.82, 2.24) is 24.8 Å². The van der Waals surface area contributed by atoms with Crippen LogP contribution in [0.2, 0.25) is 0 Å². The second-order valence-electron chi connectivity index (χ2n) is 6.61. The predicted octanol–water partition coefficient (Wildman–Crippen LogP) is 2.09. The molecule has 0 unspecified atom stereocenters. The summed E-state index contributed by atoms with van der Waals surface area (Å²) in [5, 5.41) is 8.23. The monoisotopic (exact) mass is 315 g/mol. The molecule has 23 heavy (non-hydrogen) atoms. The Kier molecular flexibility index (Phi) is 3.63. The van der Waals surface area contributed by atoms with Crippen molar-refractivity contribution in [3.8, 4) is 0 Å². The van der Waals surface area contributed by atoms with Crippen molar-refractivity contribution < 1.29 is 9.32 Å². The van der Waals surface area contributed by atoms with Crippen LogP contribution in [0, 0.1) is 0 Å².